The number of fused-ring (bicyclic) bond motifs is 1. The summed E-state index contributed by atoms with van der Waals surface area (Å²) >= 11 is 6.01. The normalized spacial score (nSPS) is 10.9. The highest BCUT2D eigenvalue weighted by atomic mass is 35.5. The van der Waals surface area contributed by atoms with Gasteiger partial charge in [0.2, 0.25) is 0 Å². The van der Waals surface area contributed by atoms with Crippen LogP contribution in [0.3, 0.4) is 0 Å². The summed E-state index contributed by atoms with van der Waals surface area (Å²) in [6.45, 7) is 2.58. The molecule has 0 atom stereocenters. The summed E-state index contributed by atoms with van der Waals surface area (Å²) in [7, 11) is 0. The van der Waals surface area contributed by atoms with Crippen molar-refractivity contribution in [2.75, 3.05) is 11.4 Å². The number of rotatable bonds is 3. The highest BCUT2D eigenvalue weighted by molar-refractivity contribution is 6.29. The van der Waals surface area contributed by atoms with Gasteiger partial charge in [-0.3, -0.25) is 0 Å². The molecule has 0 fully saturated rings. The van der Waals surface area contributed by atoms with Gasteiger partial charge in [-0.2, -0.15) is 19.6 Å². The Labute approximate surface area is 119 Å². The van der Waals surface area contributed by atoms with Crippen LogP contribution >= 0.6 is 11.6 Å². The fourth-order valence-corrected chi connectivity index (χ4v) is 2.26. The molecule has 2 aromatic heterocycles. The Morgan fingerprint density at radius 1 is 1.35 bits per heavy atom. The van der Waals surface area contributed by atoms with E-state index in [-0.39, 0.29) is 5.82 Å². The molecule has 0 radical (unpaired) electrons. The highest BCUT2D eigenvalue weighted by Crippen LogP contribution is 2.27. The number of hydrogen-bond acceptors (Lipinski definition) is 4. The first-order valence-electron chi connectivity index (χ1n) is 6.08. The van der Waals surface area contributed by atoms with Gasteiger partial charge in [-0.15, -0.1) is 0 Å². The predicted molar refractivity (Wildman–Crippen MR) is 74.9 cm³/mol. The maximum atomic E-state index is 13.4. The summed E-state index contributed by atoms with van der Waals surface area (Å²) in [6, 6.07) is 8.03. The summed E-state index contributed by atoms with van der Waals surface area (Å²) in [5, 5.41) is 4.44. The van der Waals surface area contributed by atoms with Crippen molar-refractivity contribution >= 4 is 28.9 Å². The Kier molecular flexibility index (Phi) is 3.23. The van der Waals surface area contributed by atoms with Gasteiger partial charge in [0, 0.05) is 18.3 Å². The zero-order valence-electron chi connectivity index (χ0n) is 10.7. The van der Waals surface area contributed by atoms with Crippen molar-refractivity contribution < 1.29 is 4.39 Å². The minimum Gasteiger partial charge on any atom is -0.326 e. The molecule has 0 aliphatic carbocycles. The van der Waals surface area contributed by atoms with Crippen molar-refractivity contribution in [2.45, 2.75) is 6.92 Å². The van der Waals surface area contributed by atoms with Gasteiger partial charge < -0.3 is 4.90 Å². The second-order valence-electron chi connectivity index (χ2n) is 4.13. The molecular weight excluding hydrogens is 281 g/mol. The van der Waals surface area contributed by atoms with Crippen LogP contribution in [0.5, 0.6) is 0 Å². The predicted octanol–water partition coefficient (Wildman–Crippen LogP) is 3.07. The van der Waals surface area contributed by atoms with E-state index in [1.807, 2.05) is 17.9 Å². The first-order valence-corrected chi connectivity index (χ1v) is 6.46. The van der Waals surface area contributed by atoms with E-state index < -0.39 is 0 Å². The smallest absolute Gasteiger partial charge is 0.255 e. The van der Waals surface area contributed by atoms with Crippen LogP contribution in [0.15, 0.2) is 36.7 Å². The average Bonchev–Trinajstić information content (AvgIpc) is 2.87. The van der Waals surface area contributed by atoms with Crippen LogP contribution in [-0.2, 0) is 0 Å². The van der Waals surface area contributed by atoms with E-state index in [0.29, 0.717) is 29.0 Å². The molecule has 0 aliphatic rings. The fraction of sp³-hybridized carbons (Fsp3) is 0.154. The fourth-order valence-electron chi connectivity index (χ4n) is 2.08. The zero-order chi connectivity index (χ0) is 14.1. The molecule has 0 saturated heterocycles. The number of hydrogen-bond donors (Lipinski definition) is 0. The van der Waals surface area contributed by atoms with Crippen LogP contribution in [0.25, 0.3) is 5.78 Å². The van der Waals surface area contributed by atoms with Gasteiger partial charge in [0.05, 0.1) is 0 Å². The Hall–Kier alpha value is -2.21. The molecule has 102 valence electrons. The Balaban J connectivity index is 2.18. The minimum atomic E-state index is -0.295. The lowest BCUT2D eigenvalue weighted by molar-refractivity contribution is 0.627. The maximum Gasteiger partial charge on any atom is 0.255 e. The van der Waals surface area contributed by atoms with Crippen LogP contribution in [0.1, 0.15) is 6.92 Å². The molecule has 3 rings (SSSR count). The lowest BCUT2D eigenvalue weighted by Gasteiger charge is -2.23. The summed E-state index contributed by atoms with van der Waals surface area (Å²) in [5.41, 5.74) is 0.714. The number of halogens is 2. The van der Waals surface area contributed by atoms with E-state index in [1.165, 1.54) is 18.5 Å². The quantitative estimate of drug-likeness (QED) is 0.696. The molecule has 1 aromatic carbocycles. The van der Waals surface area contributed by atoms with Gasteiger partial charge in [0.25, 0.3) is 5.78 Å². The molecule has 0 N–H and O–H groups in total. The van der Waals surface area contributed by atoms with Crippen LogP contribution in [0.4, 0.5) is 15.9 Å². The standard InChI is InChI=1S/C13H11ClFN5/c1-2-19(10-5-3-4-9(15)6-10)12-7-11(14)18-13-16-8-17-20(12)13/h3-8H,2H2,1H3. The van der Waals surface area contributed by atoms with Crippen molar-refractivity contribution in [2.24, 2.45) is 0 Å². The molecule has 3 aromatic rings. The van der Waals surface area contributed by atoms with Crippen molar-refractivity contribution in [3.63, 3.8) is 0 Å². The number of nitrogens with zero attached hydrogens (tertiary/aromatic N) is 5. The van der Waals surface area contributed by atoms with Gasteiger partial charge in [0.15, 0.2) is 0 Å². The lowest BCUT2D eigenvalue weighted by Crippen LogP contribution is -2.20. The molecule has 0 unspecified atom stereocenters. The monoisotopic (exact) mass is 291 g/mol. The third kappa shape index (κ3) is 2.18. The van der Waals surface area contributed by atoms with Crippen molar-refractivity contribution in [3.05, 3.63) is 47.6 Å². The van der Waals surface area contributed by atoms with E-state index in [9.17, 15) is 4.39 Å². The third-order valence-electron chi connectivity index (χ3n) is 2.91. The molecule has 0 aliphatic heterocycles. The Morgan fingerprint density at radius 2 is 2.20 bits per heavy atom. The third-order valence-corrected chi connectivity index (χ3v) is 3.11. The zero-order valence-corrected chi connectivity index (χ0v) is 11.4. The van der Waals surface area contributed by atoms with E-state index in [2.05, 4.69) is 15.1 Å². The summed E-state index contributed by atoms with van der Waals surface area (Å²) in [6.07, 6.45) is 1.40. The van der Waals surface area contributed by atoms with Crippen LogP contribution in [0.2, 0.25) is 5.15 Å². The number of benzene rings is 1. The van der Waals surface area contributed by atoms with Crippen LogP contribution in [-0.4, -0.2) is 26.1 Å². The van der Waals surface area contributed by atoms with Crippen LogP contribution < -0.4 is 4.90 Å². The van der Waals surface area contributed by atoms with Gasteiger partial charge in [-0.1, -0.05) is 17.7 Å². The van der Waals surface area contributed by atoms with Gasteiger partial charge in [0.1, 0.15) is 23.1 Å². The average molecular weight is 292 g/mol. The molecular formula is C13H11ClFN5. The van der Waals surface area contributed by atoms with E-state index >= 15 is 0 Å². The number of aromatic nitrogens is 4. The second kappa shape index (κ2) is 5.05. The molecule has 0 spiro atoms. The molecule has 7 heteroatoms. The second-order valence-corrected chi connectivity index (χ2v) is 4.52. The molecule has 0 saturated carbocycles. The van der Waals surface area contributed by atoms with E-state index in [1.54, 1.807) is 16.6 Å². The van der Waals surface area contributed by atoms with Gasteiger partial charge in [-0.05, 0) is 25.1 Å². The highest BCUT2D eigenvalue weighted by Gasteiger charge is 2.14. The van der Waals surface area contributed by atoms with E-state index in [0.717, 1.165) is 0 Å². The first kappa shape index (κ1) is 12.8. The number of anilines is 2. The van der Waals surface area contributed by atoms with E-state index in [4.69, 9.17) is 11.6 Å². The maximum absolute atomic E-state index is 13.4. The summed E-state index contributed by atoms with van der Waals surface area (Å²) in [4.78, 5) is 9.99. The summed E-state index contributed by atoms with van der Waals surface area (Å²) < 4.78 is 15.0. The van der Waals surface area contributed by atoms with Crippen molar-refractivity contribution in [3.8, 4) is 0 Å². The molecule has 0 amide bonds. The molecule has 20 heavy (non-hydrogen) atoms. The molecule has 5 nitrogen and oxygen atoms in total. The molecule has 0 bridgehead atoms. The van der Waals surface area contributed by atoms with Crippen molar-refractivity contribution in [1.82, 2.24) is 19.6 Å². The Bertz CT molecular complexity index is 757. The largest absolute Gasteiger partial charge is 0.326 e. The van der Waals surface area contributed by atoms with Gasteiger partial charge >= 0.3 is 0 Å². The lowest BCUT2D eigenvalue weighted by atomic mass is 10.2. The van der Waals surface area contributed by atoms with Gasteiger partial charge in [-0.25, -0.2) is 4.39 Å². The Morgan fingerprint density at radius 3 is 2.95 bits per heavy atom. The summed E-state index contributed by atoms with van der Waals surface area (Å²) in [5.74, 6) is 0.795. The molecule has 2 heterocycles. The minimum absolute atomic E-state index is 0.295. The first-order chi connectivity index (χ1) is 9.69. The topological polar surface area (TPSA) is 46.3 Å². The van der Waals surface area contributed by atoms with Crippen molar-refractivity contribution in [1.29, 1.82) is 0 Å². The SMILES string of the molecule is CCN(c1cccc(F)c1)c1cc(Cl)nc2ncnn12. The van der Waals surface area contributed by atoms with Crippen LogP contribution in [0, 0.1) is 5.82 Å².